The normalized spacial score (nSPS) is 11.1. The average Bonchev–Trinajstić information content (AvgIpc) is 3.13. The molecule has 0 aliphatic rings. The number of nitrogens with zero attached hydrogens (tertiary/aromatic N) is 2. The van der Waals surface area contributed by atoms with Crippen molar-refractivity contribution in [1.82, 2.24) is 10.1 Å². The molecule has 6 heteroatoms. The van der Waals surface area contributed by atoms with Gasteiger partial charge in [0.25, 0.3) is 0 Å². The van der Waals surface area contributed by atoms with Crippen LogP contribution in [0, 0.1) is 6.92 Å². The monoisotopic (exact) mass is 312 g/mol. The Morgan fingerprint density at radius 2 is 2.05 bits per heavy atom. The van der Waals surface area contributed by atoms with Crippen molar-refractivity contribution in [2.24, 2.45) is 0 Å². The minimum absolute atomic E-state index is 0.213. The summed E-state index contributed by atoms with van der Waals surface area (Å²) in [7, 11) is 0. The Morgan fingerprint density at radius 1 is 1.27 bits per heavy atom. The molecule has 2 heterocycles. The lowest BCUT2D eigenvalue weighted by Gasteiger charge is -1.97. The number of benzene rings is 1. The summed E-state index contributed by atoms with van der Waals surface area (Å²) in [6, 6.07) is 9.73. The van der Waals surface area contributed by atoms with Crippen molar-refractivity contribution < 1.29 is 14.4 Å². The first-order valence-corrected chi connectivity index (χ1v) is 7.35. The zero-order valence-electron chi connectivity index (χ0n) is 11.7. The molecule has 3 aromatic rings. The van der Waals surface area contributed by atoms with Gasteiger partial charge in [0.2, 0.25) is 0 Å². The Hall–Kier alpha value is -2.73. The minimum Gasteiger partial charge on any atom is -0.477 e. The minimum atomic E-state index is -0.969. The summed E-state index contributed by atoms with van der Waals surface area (Å²) in [5, 5.41) is 13.6. The first-order valence-electron chi connectivity index (χ1n) is 6.54. The van der Waals surface area contributed by atoms with E-state index in [1.165, 1.54) is 6.20 Å². The van der Waals surface area contributed by atoms with Crippen LogP contribution in [-0.2, 0) is 0 Å². The van der Waals surface area contributed by atoms with Gasteiger partial charge < -0.3 is 9.63 Å². The summed E-state index contributed by atoms with van der Waals surface area (Å²) < 4.78 is 5.27. The summed E-state index contributed by atoms with van der Waals surface area (Å²) in [6.07, 6.45) is 4.97. The van der Waals surface area contributed by atoms with Crippen LogP contribution in [0.3, 0.4) is 0 Å². The van der Waals surface area contributed by atoms with Crippen molar-refractivity contribution >= 4 is 29.5 Å². The highest BCUT2D eigenvalue weighted by molar-refractivity contribution is 7.14. The van der Waals surface area contributed by atoms with Crippen LogP contribution in [0.1, 0.15) is 26.0 Å². The summed E-state index contributed by atoms with van der Waals surface area (Å²) in [6.45, 7) is 1.84. The SMILES string of the molecule is Cc1onc(-c2ccccc2)c1C=Cc1ncc(C(=O)O)s1. The molecular formula is C16H12N2O3S. The Kier molecular flexibility index (Phi) is 3.84. The standard InChI is InChI=1S/C16H12N2O3S/c1-10-12(7-8-14-17-9-13(22-14)16(19)20)15(18-21-10)11-5-3-2-4-6-11/h2-9H,1H3,(H,19,20). The van der Waals surface area contributed by atoms with E-state index in [0.29, 0.717) is 10.8 Å². The molecule has 0 radical (unpaired) electrons. The van der Waals surface area contributed by atoms with Crippen LogP contribution in [-0.4, -0.2) is 21.2 Å². The van der Waals surface area contributed by atoms with Gasteiger partial charge in [-0.1, -0.05) is 35.5 Å². The third-order valence-corrected chi connectivity index (χ3v) is 4.03. The molecule has 0 aliphatic heterocycles. The Labute approximate surface area is 130 Å². The van der Waals surface area contributed by atoms with Crippen molar-refractivity contribution in [2.45, 2.75) is 6.92 Å². The van der Waals surface area contributed by atoms with Crippen molar-refractivity contribution in [3.63, 3.8) is 0 Å². The number of carbonyl (C=O) groups is 1. The second kappa shape index (κ2) is 5.95. The summed E-state index contributed by atoms with van der Waals surface area (Å²) in [5.74, 6) is -0.270. The molecule has 5 nitrogen and oxygen atoms in total. The van der Waals surface area contributed by atoms with Crippen LogP contribution < -0.4 is 0 Å². The Bertz CT molecular complexity index is 834. The van der Waals surface area contributed by atoms with Gasteiger partial charge in [0.15, 0.2) is 0 Å². The largest absolute Gasteiger partial charge is 0.477 e. The van der Waals surface area contributed by atoms with E-state index < -0.39 is 5.97 Å². The quantitative estimate of drug-likeness (QED) is 0.788. The lowest BCUT2D eigenvalue weighted by molar-refractivity contribution is 0.0702. The van der Waals surface area contributed by atoms with Crippen molar-refractivity contribution in [2.75, 3.05) is 0 Å². The van der Waals surface area contributed by atoms with Gasteiger partial charge in [0, 0.05) is 11.1 Å². The number of carboxylic acid groups (broad SMARTS) is 1. The van der Waals surface area contributed by atoms with Crippen LogP contribution in [0.2, 0.25) is 0 Å². The van der Waals surface area contributed by atoms with Gasteiger partial charge in [-0.25, -0.2) is 9.78 Å². The number of hydrogen-bond acceptors (Lipinski definition) is 5. The summed E-state index contributed by atoms with van der Waals surface area (Å²) in [4.78, 5) is 15.1. The van der Waals surface area contributed by atoms with Crippen LogP contribution in [0.15, 0.2) is 41.1 Å². The van der Waals surface area contributed by atoms with Crippen LogP contribution in [0.25, 0.3) is 23.4 Å². The molecular weight excluding hydrogens is 300 g/mol. The molecule has 1 N–H and O–H groups in total. The number of aryl methyl sites for hydroxylation is 1. The van der Waals surface area contributed by atoms with E-state index in [9.17, 15) is 4.79 Å². The van der Waals surface area contributed by atoms with Crippen molar-refractivity contribution in [3.05, 3.63) is 57.7 Å². The smallest absolute Gasteiger partial charge is 0.347 e. The lowest BCUT2D eigenvalue weighted by Crippen LogP contribution is -1.89. The maximum atomic E-state index is 10.9. The number of aromatic carboxylic acids is 1. The molecule has 2 aromatic heterocycles. The lowest BCUT2D eigenvalue weighted by atomic mass is 10.1. The first kappa shape index (κ1) is 14.2. The van der Waals surface area contributed by atoms with Crippen molar-refractivity contribution in [1.29, 1.82) is 0 Å². The van der Waals surface area contributed by atoms with Crippen LogP contribution in [0.4, 0.5) is 0 Å². The molecule has 0 saturated carbocycles. The third-order valence-electron chi connectivity index (χ3n) is 3.08. The number of rotatable bonds is 4. The van der Waals surface area contributed by atoms with E-state index in [-0.39, 0.29) is 4.88 Å². The molecule has 1 aromatic carbocycles. The molecule has 0 saturated heterocycles. The van der Waals surface area contributed by atoms with Crippen LogP contribution >= 0.6 is 11.3 Å². The number of thiazole rings is 1. The fourth-order valence-corrected chi connectivity index (χ4v) is 2.66. The molecule has 0 amide bonds. The molecule has 3 rings (SSSR count). The molecule has 0 spiro atoms. The van der Waals surface area contributed by atoms with E-state index in [1.807, 2.05) is 43.3 Å². The van der Waals surface area contributed by atoms with Gasteiger partial charge in [0.05, 0.1) is 6.20 Å². The highest BCUT2D eigenvalue weighted by atomic mass is 32.1. The Balaban J connectivity index is 1.93. The molecule has 110 valence electrons. The predicted molar refractivity (Wildman–Crippen MR) is 84.7 cm³/mol. The summed E-state index contributed by atoms with van der Waals surface area (Å²) in [5.41, 5.74) is 2.58. The fraction of sp³-hybridized carbons (Fsp3) is 0.0625. The topological polar surface area (TPSA) is 76.2 Å². The van der Waals surface area contributed by atoms with Gasteiger partial charge in [-0.05, 0) is 19.1 Å². The second-order valence-corrected chi connectivity index (χ2v) is 5.63. The second-order valence-electron chi connectivity index (χ2n) is 4.57. The van der Waals surface area contributed by atoms with E-state index in [0.717, 1.165) is 28.2 Å². The summed E-state index contributed by atoms with van der Waals surface area (Å²) >= 11 is 1.12. The zero-order chi connectivity index (χ0) is 15.5. The van der Waals surface area contributed by atoms with Gasteiger partial charge >= 0.3 is 5.97 Å². The van der Waals surface area contributed by atoms with E-state index in [2.05, 4.69) is 10.1 Å². The van der Waals surface area contributed by atoms with Gasteiger partial charge in [-0.2, -0.15) is 0 Å². The maximum absolute atomic E-state index is 10.9. The molecule has 0 unspecified atom stereocenters. The molecule has 0 atom stereocenters. The predicted octanol–water partition coefficient (Wildman–Crippen LogP) is 3.98. The van der Waals surface area contributed by atoms with Gasteiger partial charge in [-0.3, -0.25) is 0 Å². The molecule has 22 heavy (non-hydrogen) atoms. The van der Waals surface area contributed by atoms with E-state index >= 15 is 0 Å². The highest BCUT2D eigenvalue weighted by Crippen LogP contribution is 2.27. The average molecular weight is 312 g/mol. The number of hydrogen-bond donors (Lipinski definition) is 1. The Morgan fingerprint density at radius 3 is 2.73 bits per heavy atom. The number of carboxylic acids is 1. The van der Waals surface area contributed by atoms with Crippen molar-refractivity contribution in [3.8, 4) is 11.3 Å². The van der Waals surface area contributed by atoms with E-state index in [1.54, 1.807) is 6.08 Å². The van der Waals surface area contributed by atoms with Gasteiger partial charge in [0.1, 0.15) is 21.3 Å². The molecule has 0 bridgehead atoms. The molecule has 0 fully saturated rings. The van der Waals surface area contributed by atoms with E-state index in [4.69, 9.17) is 9.63 Å². The number of aromatic nitrogens is 2. The molecule has 0 aliphatic carbocycles. The maximum Gasteiger partial charge on any atom is 0.347 e. The van der Waals surface area contributed by atoms with Crippen LogP contribution in [0.5, 0.6) is 0 Å². The zero-order valence-corrected chi connectivity index (χ0v) is 12.5. The van der Waals surface area contributed by atoms with Gasteiger partial charge in [-0.15, -0.1) is 11.3 Å². The fourth-order valence-electron chi connectivity index (χ4n) is 2.00. The first-order chi connectivity index (χ1) is 10.6. The highest BCUT2D eigenvalue weighted by Gasteiger charge is 2.12. The third kappa shape index (κ3) is 2.82.